The maximum Gasteiger partial charge on any atom is 0.254 e. The normalized spacial score (nSPS) is 18.0. The standard InChI is InChI=1S/C21H20N2O4/c24-20-5-2-7-23(20)17-4-1-3-15(9-17)21(25)22-8-6-14-10-18-19(27-13-26-18)11-16(14)12-22/h1,3-4,9-11H,2,5-8,12-13H2. The van der Waals surface area contributed by atoms with E-state index in [-0.39, 0.29) is 18.6 Å². The third-order valence-electron chi connectivity index (χ3n) is 5.47. The van der Waals surface area contributed by atoms with E-state index in [0.29, 0.717) is 25.1 Å². The lowest BCUT2D eigenvalue weighted by Crippen LogP contribution is -2.36. The number of anilines is 1. The molecule has 0 spiro atoms. The minimum absolute atomic E-state index is 0.00758. The molecule has 2 aromatic carbocycles. The molecule has 1 saturated heterocycles. The van der Waals surface area contributed by atoms with E-state index in [2.05, 4.69) is 0 Å². The predicted octanol–water partition coefficient (Wildman–Crippen LogP) is 2.74. The number of benzene rings is 2. The summed E-state index contributed by atoms with van der Waals surface area (Å²) >= 11 is 0. The van der Waals surface area contributed by atoms with Crippen LogP contribution in [0.15, 0.2) is 36.4 Å². The molecule has 0 N–H and O–H groups in total. The largest absolute Gasteiger partial charge is 0.454 e. The van der Waals surface area contributed by atoms with Crippen molar-refractivity contribution in [1.82, 2.24) is 4.90 Å². The van der Waals surface area contributed by atoms with Gasteiger partial charge in [-0.25, -0.2) is 0 Å². The summed E-state index contributed by atoms with van der Waals surface area (Å²) < 4.78 is 10.9. The molecule has 0 unspecified atom stereocenters. The van der Waals surface area contributed by atoms with Crippen molar-refractivity contribution in [3.05, 3.63) is 53.1 Å². The maximum absolute atomic E-state index is 13.1. The summed E-state index contributed by atoms with van der Waals surface area (Å²) in [5.74, 6) is 1.66. The van der Waals surface area contributed by atoms with Gasteiger partial charge < -0.3 is 19.3 Å². The molecule has 0 saturated carbocycles. The Kier molecular flexibility index (Phi) is 3.77. The van der Waals surface area contributed by atoms with Gasteiger partial charge in [0.2, 0.25) is 12.7 Å². The number of hydrogen-bond acceptors (Lipinski definition) is 4. The fraction of sp³-hybridized carbons (Fsp3) is 0.333. The summed E-state index contributed by atoms with van der Waals surface area (Å²) in [7, 11) is 0. The van der Waals surface area contributed by atoms with Gasteiger partial charge in [0.05, 0.1) is 0 Å². The first-order valence-electron chi connectivity index (χ1n) is 9.30. The monoisotopic (exact) mass is 364 g/mol. The highest BCUT2D eigenvalue weighted by atomic mass is 16.7. The highest BCUT2D eigenvalue weighted by Crippen LogP contribution is 2.37. The molecule has 2 aromatic rings. The van der Waals surface area contributed by atoms with Crippen LogP contribution in [0.25, 0.3) is 0 Å². The van der Waals surface area contributed by atoms with Crippen molar-refractivity contribution in [2.45, 2.75) is 25.8 Å². The Morgan fingerprint density at radius 1 is 0.963 bits per heavy atom. The Morgan fingerprint density at radius 2 is 1.78 bits per heavy atom. The molecule has 3 aliphatic heterocycles. The van der Waals surface area contributed by atoms with E-state index >= 15 is 0 Å². The van der Waals surface area contributed by atoms with Crippen molar-refractivity contribution in [2.75, 3.05) is 24.8 Å². The van der Waals surface area contributed by atoms with E-state index in [1.54, 1.807) is 4.90 Å². The first-order chi connectivity index (χ1) is 13.2. The Hall–Kier alpha value is -3.02. The average molecular weight is 364 g/mol. The molecular weight excluding hydrogens is 344 g/mol. The van der Waals surface area contributed by atoms with Crippen molar-refractivity contribution in [2.24, 2.45) is 0 Å². The van der Waals surface area contributed by atoms with Crippen LogP contribution >= 0.6 is 0 Å². The number of fused-ring (bicyclic) bond motifs is 2. The fourth-order valence-electron chi connectivity index (χ4n) is 4.03. The summed E-state index contributed by atoms with van der Waals surface area (Å²) in [6, 6.07) is 11.4. The van der Waals surface area contributed by atoms with Crippen LogP contribution in [0, 0.1) is 0 Å². The van der Waals surface area contributed by atoms with Gasteiger partial charge in [0.25, 0.3) is 5.91 Å². The molecule has 27 heavy (non-hydrogen) atoms. The molecule has 0 radical (unpaired) electrons. The number of carbonyl (C=O) groups excluding carboxylic acids is 2. The van der Waals surface area contributed by atoms with E-state index in [1.165, 1.54) is 5.56 Å². The van der Waals surface area contributed by atoms with Crippen LogP contribution in [0.2, 0.25) is 0 Å². The lowest BCUT2D eigenvalue weighted by Gasteiger charge is -2.29. The van der Waals surface area contributed by atoms with E-state index in [1.807, 2.05) is 41.3 Å². The molecule has 6 heteroatoms. The van der Waals surface area contributed by atoms with Gasteiger partial charge in [0.15, 0.2) is 11.5 Å². The molecule has 138 valence electrons. The smallest absolute Gasteiger partial charge is 0.254 e. The zero-order valence-corrected chi connectivity index (χ0v) is 14.9. The van der Waals surface area contributed by atoms with E-state index in [9.17, 15) is 9.59 Å². The molecule has 2 amide bonds. The van der Waals surface area contributed by atoms with Gasteiger partial charge in [-0.05, 0) is 54.3 Å². The third-order valence-corrected chi connectivity index (χ3v) is 5.47. The van der Waals surface area contributed by atoms with Crippen LogP contribution in [0.1, 0.15) is 34.3 Å². The van der Waals surface area contributed by atoms with Crippen molar-refractivity contribution in [3.8, 4) is 11.5 Å². The van der Waals surface area contributed by atoms with Gasteiger partial charge in [-0.15, -0.1) is 0 Å². The van der Waals surface area contributed by atoms with Gasteiger partial charge >= 0.3 is 0 Å². The second kappa shape index (κ2) is 6.30. The lowest BCUT2D eigenvalue weighted by molar-refractivity contribution is -0.117. The summed E-state index contributed by atoms with van der Waals surface area (Å²) in [6.07, 6.45) is 2.25. The molecule has 3 heterocycles. The number of hydrogen-bond donors (Lipinski definition) is 0. The van der Waals surface area contributed by atoms with Crippen LogP contribution < -0.4 is 14.4 Å². The number of ether oxygens (including phenoxy) is 2. The molecular formula is C21H20N2O4. The van der Waals surface area contributed by atoms with Crippen LogP contribution in [-0.2, 0) is 17.8 Å². The average Bonchev–Trinajstić information content (AvgIpc) is 3.33. The van der Waals surface area contributed by atoms with Gasteiger partial charge in [-0.2, -0.15) is 0 Å². The van der Waals surface area contributed by atoms with Crippen LogP contribution in [0.5, 0.6) is 11.5 Å². The number of carbonyl (C=O) groups is 2. The highest BCUT2D eigenvalue weighted by molar-refractivity contribution is 5.99. The Balaban J connectivity index is 1.38. The Bertz CT molecular complexity index is 940. The fourth-order valence-corrected chi connectivity index (χ4v) is 4.03. The van der Waals surface area contributed by atoms with Gasteiger partial charge in [-0.1, -0.05) is 6.07 Å². The first kappa shape index (κ1) is 16.2. The molecule has 0 aromatic heterocycles. The molecule has 3 aliphatic rings. The number of amides is 2. The third kappa shape index (κ3) is 2.81. The zero-order chi connectivity index (χ0) is 18.4. The minimum atomic E-state index is -0.00758. The summed E-state index contributed by atoms with van der Waals surface area (Å²) in [5.41, 5.74) is 3.74. The summed E-state index contributed by atoms with van der Waals surface area (Å²) in [6.45, 7) is 2.19. The van der Waals surface area contributed by atoms with Gasteiger partial charge in [0, 0.05) is 37.3 Å². The van der Waals surface area contributed by atoms with Crippen molar-refractivity contribution < 1.29 is 19.1 Å². The van der Waals surface area contributed by atoms with E-state index in [0.717, 1.165) is 42.1 Å². The molecule has 0 atom stereocenters. The maximum atomic E-state index is 13.1. The second-order valence-electron chi connectivity index (χ2n) is 7.15. The summed E-state index contributed by atoms with van der Waals surface area (Å²) in [5, 5.41) is 0. The van der Waals surface area contributed by atoms with Crippen LogP contribution in [0.3, 0.4) is 0 Å². The molecule has 0 aliphatic carbocycles. The zero-order valence-electron chi connectivity index (χ0n) is 14.9. The van der Waals surface area contributed by atoms with E-state index < -0.39 is 0 Å². The topological polar surface area (TPSA) is 59.1 Å². The molecule has 0 bridgehead atoms. The molecule has 5 rings (SSSR count). The SMILES string of the molecule is O=C(c1cccc(N2CCCC2=O)c1)N1CCc2cc3c(cc2C1)OCO3. The summed E-state index contributed by atoms with van der Waals surface area (Å²) in [4.78, 5) is 28.7. The van der Waals surface area contributed by atoms with E-state index in [4.69, 9.17) is 9.47 Å². The van der Waals surface area contributed by atoms with Crippen LogP contribution in [-0.4, -0.2) is 36.6 Å². The van der Waals surface area contributed by atoms with Crippen molar-refractivity contribution in [3.63, 3.8) is 0 Å². The minimum Gasteiger partial charge on any atom is -0.454 e. The predicted molar refractivity (Wildman–Crippen MR) is 99.0 cm³/mol. The second-order valence-corrected chi connectivity index (χ2v) is 7.15. The highest BCUT2D eigenvalue weighted by Gasteiger charge is 2.27. The van der Waals surface area contributed by atoms with Crippen LogP contribution in [0.4, 0.5) is 5.69 Å². The number of rotatable bonds is 2. The Morgan fingerprint density at radius 3 is 2.56 bits per heavy atom. The van der Waals surface area contributed by atoms with Crippen molar-refractivity contribution in [1.29, 1.82) is 0 Å². The molecule has 1 fully saturated rings. The van der Waals surface area contributed by atoms with Crippen molar-refractivity contribution >= 4 is 17.5 Å². The van der Waals surface area contributed by atoms with Gasteiger partial charge in [-0.3, -0.25) is 9.59 Å². The quantitative estimate of drug-likeness (QED) is 0.822. The Labute approximate surface area is 157 Å². The molecule has 6 nitrogen and oxygen atoms in total. The van der Waals surface area contributed by atoms with Gasteiger partial charge in [0.1, 0.15) is 0 Å². The lowest BCUT2D eigenvalue weighted by atomic mass is 9.98. The first-order valence-corrected chi connectivity index (χ1v) is 9.30. The number of nitrogens with zero attached hydrogens (tertiary/aromatic N) is 2.